The topological polar surface area (TPSA) is 68.9 Å². The highest BCUT2D eigenvalue weighted by Crippen LogP contribution is 2.42. The van der Waals surface area contributed by atoms with Gasteiger partial charge in [-0.15, -0.1) is 0 Å². The van der Waals surface area contributed by atoms with Crippen LogP contribution in [0.15, 0.2) is 46.9 Å². The Kier molecular flexibility index (Phi) is 7.51. The molecule has 0 aliphatic heterocycles. The highest BCUT2D eigenvalue weighted by molar-refractivity contribution is 5.92. The molecule has 1 aliphatic rings. The number of hydrogen-bond donors (Lipinski definition) is 1. The predicted octanol–water partition coefficient (Wildman–Crippen LogP) is 7.34. The number of carbonyl (C=O) groups is 1. The van der Waals surface area contributed by atoms with Crippen molar-refractivity contribution in [2.75, 3.05) is 6.61 Å². The fourth-order valence-corrected chi connectivity index (χ4v) is 5.81. The first-order chi connectivity index (χ1) is 17.1. The summed E-state index contributed by atoms with van der Waals surface area (Å²) in [6, 6.07) is 14.4. The molecule has 0 amide bonds. The first-order valence-corrected chi connectivity index (χ1v) is 13.3. The molecule has 1 fully saturated rings. The maximum Gasteiger partial charge on any atom is 0.374 e. The molecule has 1 N–H and O–H groups in total. The first-order valence-electron chi connectivity index (χ1n) is 13.3. The number of ether oxygens (including phenoxy) is 2. The quantitative estimate of drug-likeness (QED) is 0.333. The van der Waals surface area contributed by atoms with Crippen LogP contribution < -0.4 is 4.74 Å². The van der Waals surface area contributed by atoms with E-state index in [0.29, 0.717) is 12.2 Å². The van der Waals surface area contributed by atoms with Gasteiger partial charge in [0.1, 0.15) is 17.4 Å². The third kappa shape index (κ3) is 4.78. The number of aliphatic hydroxyl groups is 1. The summed E-state index contributed by atoms with van der Waals surface area (Å²) < 4.78 is 17.2. The summed E-state index contributed by atoms with van der Waals surface area (Å²) in [5.41, 5.74) is 3.85. The summed E-state index contributed by atoms with van der Waals surface area (Å²) in [6.07, 6.45) is 4.14. The number of aryl methyl sites for hydroxylation is 1. The SMILES string of the molecule is CCOC(=O)c1cc2cc(C(CC)(CC)c3ccc(OC4CCCC(C)(C)C4O)c(C)c3)ccc2o1. The van der Waals surface area contributed by atoms with E-state index >= 15 is 0 Å². The summed E-state index contributed by atoms with van der Waals surface area (Å²) in [6.45, 7) is 12.8. The van der Waals surface area contributed by atoms with Crippen molar-refractivity contribution >= 4 is 16.9 Å². The van der Waals surface area contributed by atoms with Crippen LogP contribution >= 0.6 is 0 Å². The molecular formula is C31H40O5. The molecule has 4 rings (SSSR count). The van der Waals surface area contributed by atoms with Gasteiger partial charge in [0.05, 0.1) is 12.7 Å². The largest absolute Gasteiger partial charge is 0.487 e. The Bertz CT molecular complexity index is 1220. The second kappa shape index (κ2) is 10.3. The molecule has 0 saturated heterocycles. The van der Waals surface area contributed by atoms with Gasteiger partial charge in [0.15, 0.2) is 0 Å². The molecule has 194 valence electrons. The van der Waals surface area contributed by atoms with Crippen LogP contribution in [0.5, 0.6) is 5.75 Å². The van der Waals surface area contributed by atoms with Crippen LogP contribution in [-0.4, -0.2) is 29.9 Å². The van der Waals surface area contributed by atoms with E-state index in [1.165, 1.54) is 11.1 Å². The third-order valence-corrected chi connectivity index (χ3v) is 8.22. The number of aliphatic hydroxyl groups excluding tert-OH is 1. The Labute approximate surface area is 214 Å². The van der Waals surface area contributed by atoms with Gasteiger partial charge in [0, 0.05) is 10.8 Å². The molecule has 1 aliphatic carbocycles. The first kappa shape index (κ1) is 26.3. The van der Waals surface area contributed by atoms with E-state index in [1.54, 1.807) is 13.0 Å². The van der Waals surface area contributed by atoms with E-state index in [-0.39, 0.29) is 22.7 Å². The number of furan rings is 1. The van der Waals surface area contributed by atoms with E-state index in [0.717, 1.165) is 48.8 Å². The van der Waals surface area contributed by atoms with E-state index in [1.807, 2.05) is 6.07 Å². The summed E-state index contributed by atoms with van der Waals surface area (Å²) in [5.74, 6) is 0.629. The van der Waals surface area contributed by atoms with Crippen LogP contribution in [0.1, 0.15) is 94.0 Å². The summed E-state index contributed by atoms with van der Waals surface area (Å²) in [4.78, 5) is 12.2. The van der Waals surface area contributed by atoms with Crippen LogP contribution in [-0.2, 0) is 10.2 Å². The molecule has 1 aromatic heterocycles. The molecule has 5 nitrogen and oxygen atoms in total. The van der Waals surface area contributed by atoms with Crippen molar-refractivity contribution < 1.29 is 23.8 Å². The monoisotopic (exact) mass is 492 g/mol. The van der Waals surface area contributed by atoms with Crippen molar-refractivity contribution in [2.45, 2.75) is 91.3 Å². The Morgan fingerprint density at radius 3 is 2.44 bits per heavy atom. The maximum atomic E-state index is 12.2. The van der Waals surface area contributed by atoms with Gasteiger partial charge >= 0.3 is 5.97 Å². The number of benzene rings is 2. The summed E-state index contributed by atoms with van der Waals surface area (Å²) in [7, 11) is 0. The van der Waals surface area contributed by atoms with E-state index in [2.05, 4.69) is 65.0 Å². The molecule has 0 radical (unpaired) electrons. The van der Waals surface area contributed by atoms with Gasteiger partial charge in [-0.1, -0.05) is 45.9 Å². The van der Waals surface area contributed by atoms with Gasteiger partial charge in [0.25, 0.3) is 0 Å². The molecule has 36 heavy (non-hydrogen) atoms. The normalized spacial score (nSPS) is 19.9. The van der Waals surface area contributed by atoms with Crippen molar-refractivity contribution in [1.82, 2.24) is 0 Å². The Balaban J connectivity index is 1.65. The smallest absolute Gasteiger partial charge is 0.374 e. The standard InChI is InChI=1S/C31H40O5/c1-7-31(8-2,23-13-15-25-21(18-23)19-27(36-25)29(33)34-9-3)22-12-14-24(20(4)17-22)35-26-11-10-16-30(5,6)28(26)32/h12-15,17-19,26,28,32H,7-11,16H2,1-6H3. The molecule has 1 heterocycles. The fourth-order valence-electron chi connectivity index (χ4n) is 5.81. The molecule has 3 aromatic rings. The van der Waals surface area contributed by atoms with E-state index < -0.39 is 12.1 Å². The minimum atomic E-state index is -0.475. The van der Waals surface area contributed by atoms with Gasteiger partial charge in [-0.05, 0) is 92.3 Å². The third-order valence-electron chi connectivity index (χ3n) is 8.22. The van der Waals surface area contributed by atoms with Crippen LogP contribution in [0, 0.1) is 12.3 Å². The van der Waals surface area contributed by atoms with E-state index in [9.17, 15) is 9.90 Å². The minimum absolute atomic E-state index is 0.130. The number of carbonyl (C=O) groups excluding carboxylic acids is 1. The lowest BCUT2D eigenvalue weighted by Crippen LogP contribution is -2.46. The predicted molar refractivity (Wildman–Crippen MR) is 143 cm³/mol. The minimum Gasteiger partial charge on any atom is -0.487 e. The Morgan fingerprint density at radius 2 is 1.78 bits per heavy atom. The average molecular weight is 493 g/mol. The van der Waals surface area contributed by atoms with Crippen LogP contribution in [0.4, 0.5) is 0 Å². The van der Waals surface area contributed by atoms with Gasteiger partial charge in [-0.2, -0.15) is 0 Å². The lowest BCUT2D eigenvalue weighted by molar-refractivity contribution is -0.0691. The highest BCUT2D eigenvalue weighted by atomic mass is 16.5. The fraction of sp³-hybridized carbons (Fsp3) is 0.516. The molecule has 2 unspecified atom stereocenters. The van der Waals surface area contributed by atoms with Gasteiger partial charge in [-0.3, -0.25) is 0 Å². The van der Waals surface area contributed by atoms with Crippen molar-refractivity contribution in [2.24, 2.45) is 5.41 Å². The lowest BCUT2D eigenvalue weighted by Gasteiger charge is -2.40. The van der Waals surface area contributed by atoms with E-state index in [4.69, 9.17) is 13.9 Å². The van der Waals surface area contributed by atoms with Crippen molar-refractivity contribution in [1.29, 1.82) is 0 Å². The molecule has 0 spiro atoms. The lowest BCUT2D eigenvalue weighted by atomic mass is 9.70. The number of fused-ring (bicyclic) bond motifs is 1. The molecular weight excluding hydrogens is 452 g/mol. The summed E-state index contributed by atoms with van der Waals surface area (Å²) in [5, 5.41) is 11.7. The average Bonchev–Trinajstić information content (AvgIpc) is 3.29. The van der Waals surface area contributed by atoms with Crippen LogP contribution in [0.3, 0.4) is 0 Å². The van der Waals surface area contributed by atoms with Crippen LogP contribution in [0.25, 0.3) is 11.0 Å². The number of esters is 1. The zero-order valence-electron chi connectivity index (χ0n) is 22.5. The maximum absolute atomic E-state index is 12.2. The van der Waals surface area contributed by atoms with Gasteiger partial charge in [0.2, 0.25) is 5.76 Å². The number of rotatable bonds is 8. The zero-order valence-corrected chi connectivity index (χ0v) is 22.5. The highest BCUT2D eigenvalue weighted by Gasteiger charge is 2.39. The molecule has 2 aromatic carbocycles. The van der Waals surface area contributed by atoms with Crippen LogP contribution in [0.2, 0.25) is 0 Å². The van der Waals surface area contributed by atoms with Gasteiger partial charge < -0.3 is 19.0 Å². The summed E-state index contributed by atoms with van der Waals surface area (Å²) >= 11 is 0. The second-order valence-electron chi connectivity index (χ2n) is 10.8. The molecule has 5 heteroatoms. The Morgan fingerprint density at radius 1 is 1.08 bits per heavy atom. The zero-order chi connectivity index (χ0) is 26.1. The molecule has 2 atom stereocenters. The number of hydrogen-bond acceptors (Lipinski definition) is 5. The Hall–Kier alpha value is -2.79. The molecule has 1 saturated carbocycles. The van der Waals surface area contributed by atoms with Crippen molar-refractivity contribution in [3.05, 3.63) is 64.9 Å². The second-order valence-corrected chi connectivity index (χ2v) is 10.8. The molecule has 0 bridgehead atoms. The van der Waals surface area contributed by atoms with Gasteiger partial charge in [-0.25, -0.2) is 4.79 Å². The van der Waals surface area contributed by atoms with Crippen molar-refractivity contribution in [3.63, 3.8) is 0 Å². The van der Waals surface area contributed by atoms with Crippen molar-refractivity contribution in [3.8, 4) is 5.75 Å².